The van der Waals surface area contributed by atoms with Crippen LogP contribution in [0.4, 0.5) is 10.5 Å². The van der Waals surface area contributed by atoms with Crippen molar-refractivity contribution >= 4 is 23.6 Å². The molecule has 0 fully saturated rings. The number of rotatable bonds is 3. The molecule has 0 saturated heterocycles. The second-order valence-corrected chi connectivity index (χ2v) is 6.20. The number of amides is 3. The van der Waals surface area contributed by atoms with Crippen molar-refractivity contribution in [3.63, 3.8) is 0 Å². The van der Waals surface area contributed by atoms with E-state index in [1.807, 2.05) is 0 Å². The summed E-state index contributed by atoms with van der Waals surface area (Å²) >= 11 is 0. The number of aromatic amines is 1. The van der Waals surface area contributed by atoms with E-state index in [9.17, 15) is 14.4 Å². The van der Waals surface area contributed by atoms with Gasteiger partial charge in [-0.05, 0) is 51.1 Å². The maximum absolute atomic E-state index is 12.1. The van der Waals surface area contributed by atoms with Gasteiger partial charge in [-0.1, -0.05) is 6.07 Å². The van der Waals surface area contributed by atoms with Crippen LogP contribution >= 0.6 is 0 Å². The third-order valence-corrected chi connectivity index (χ3v) is 2.90. The molecule has 0 atom stereocenters. The van der Waals surface area contributed by atoms with E-state index in [-0.39, 0.29) is 5.56 Å². The molecule has 0 bridgehead atoms. The third kappa shape index (κ3) is 5.69. The minimum atomic E-state index is -0.624. The Balaban J connectivity index is 1.94. The van der Waals surface area contributed by atoms with Crippen molar-refractivity contribution in [2.75, 3.05) is 5.32 Å². The number of hydrogen-bond acceptors (Lipinski definition) is 4. The van der Waals surface area contributed by atoms with E-state index in [1.54, 1.807) is 57.3 Å². The second-order valence-electron chi connectivity index (χ2n) is 6.20. The second kappa shape index (κ2) is 7.52. The first-order chi connectivity index (χ1) is 11.7. The van der Waals surface area contributed by atoms with Crippen LogP contribution in [0.1, 0.15) is 41.6 Å². The molecule has 1 heterocycles. The minimum absolute atomic E-state index is 0.264. The standard InChI is InChI=1S/C17H20N4O4/c1-17(2,3)25-16(24)19-12-7-4-6-11(10-12)14(22)20-21-15(23)13-8-5-9-18-13/h4-10,18H,1-3H3,(H,19,24)(H,20,22)(H,21,23). The van der Waals surface area contributed by atoms with E-state index in [2.05, 4.69) is 21.2 Å². The monoisotopic (exact) mass is 344 g/mol. The Morgan fingerprint density at radius 1 is 1.00 bits per heavy atom. The van der Waals surface area contributed by atoms with Crippen LogP contribution in [-0.2, 0) is 4.74 Å². The van der Waals surface area contributed by atoms with Gasteiger partial charge in [-0.3, -0.25) is 25.8 Å². The normalized spacial score (nSPS) is 10.7. The maximum atomic E-state index is 12.1. The maximum Gasteiger partial charge on any atom is 0.412 e. The van der Waals surface area contributed by atoms with E-state index in [0.29, 0.717) is 11.4 Å². The van der Waals surface area contributed by atoms with Crippen molar-refractivity contribution in [2.45, 2.75) is 26.4 Å². The van der Waals surface area contributed by atoms with Crippen molar-refractivity contribution in [1.82, 2.24) is 15.8 Å². The van der Waals surface area contributed by atoms with Crippen LogP contribution in [0, 0.1) is 0 Å². The van der Waals surface area contributed by atoms with Crippen LogP contribution in [0.5, 0.6) is 0 Å². The molecule has 0 saturated carbocycles. The number of carbonyl (C=O) groups is 3. The summed E-state index contributed by atoms with van der Waals surface area (Å²) in [6.45, 7) is 5.26. The van der Waals surface area contributed by atoms with E-state index >= 15 is 0 Å². The summed E-state index contributed by atoms with van der Waals surface area (Å²) < 4.78 is 5.15. The molecule has 4 N–H and O–H groups in total. The fraction of sp³-hybridized carbons (Fsp3) is 0.235. The minimum Gasteiger partial charge on any atom is -0.444 e. The molecule has 0 radical (unpaired) electrons. The van der Waals surface area contributed by atoms with E-state index in [1.165, 1.54) is 6.07 Å². The van der Waals surface area contributed by atoms with E-state index in [4.69, 9.17) is 4.74 Å². The fourth-order valence-corrected chi connectivity index (χ4v) is 1.88. The predicted molar refractivity (Wildman–Crippen MR) is 92.0 cm³/mol. The summed E-state index contributed by atoms with van der Waals surface area (Å²) in [5.74, 6) is -0.992. The molecule has 0 unspecified atom stereocenters. The van der Waals surface area contributed by atoms with E-state index in [0.717, 1.165) is 0 Å². The number of benzene rings is 1. The Hall–Kier alpha value is -3.29. The van der Waals surface area contributed by atoms with Crippen LogP contribution in [0.25, 0.3) is 0 Å². The molecule has 132 valence electrons. The van der Waals surface area contributed by atoms with Crippen molar-refractivity contribution in [1.29, 1.82) is 0 Å². The van der Waals surface area contributed by atoms with Crippen LogP contribution < -0.4 is 16.2 Å². The van der Waals surface area contributed by atoms with Gasteiger partial charge in [-0.25, -0.2) is 4.79 Å². The van der Waals surface area contributed by atoms with Crippen LogP contribution in [-0.4, -0.2) is 28.5 Å². The largest absolute Gasteiger partial charge is 0.444 e. The zero-order valence-electron chi connectivity index (χ0n) is 14.2. The third-order valence-electron chi connectivity index (χ3n) is 2.90. The first-order valence-corrected chi connectivity index (χ1v) is 7.59. The number of hydrazine groups is 1. The summed E-state index contributed by atoms with van der Waals surface area (Å²) in [7, 11) is 0. The molecule has 0 aliphatic rings. The van der Waals surface area contributed by atoms with Gasteiger partial charge in [-0.15, -0.1) is 0 Å². The van der Waals surface area contributed by atoms with Crippen molar-refractivity contribution < 1.29 is 19.1 Å². The van der Waals surface area contributed by atoms with Crippen LogP contribution in [0.2, 0.25) is 0 Å². The molecule has 8 nitrogen and oxygen atoms in total. The van der Waals surface area contributed by atoms with Gasteiger partial charge < -0.3 is 9.72 Å². The van der Waals surface area contributed by atoms with Crippen LogP contribution in [0.3, 0.4) is 0 Å². The zero-order chi connectivity index (χ0) is 18.4. The first kappa shape index (κ1) is 18.1. The van der Waals surface area contributed by atoms with Gasteiger partial charge in [0.25, 0.3) is 11.8 Å². The number of carbonyl (C=O) groups excluding carboxylic acids is 3. The van der Waals surface area contributed by atoms with Crippen LogP contribution in [0.15, 0.2) is 42.6 Å². The molecule has 25 heavy (non-hydrogen) atoms. The first-order valence-electron chi connectivity index (χ1n) is 7.59. The average Bonchev–Trinajstić information content (AvgIpc) is 3.05. The Morgan fingerprint density at radius 3 is 2.36 bits per heavy atom. The Bertz CT molecular complexity index is 763. The highest BCUT2D eigenvalue weighted by Gasteiger charge is 2.16. The van der Waals surface area contributed by atoms with E-state index < -0.39 is 23.5 Å². The lowest BCUT2D eigenvalue weighted by molar-refractivity contribution is 0.0635. The van der Waals surface area contributed by atoms with Gasteiger partial charge in [0.15, 0.2) is 0 Å². The van der Waals surface area contributed by atoms with Crippen molar-refractivity contribution in [3.05, 3.63) is 53.9 Å². The Morgan fingerprint density at radius 2 is 1.72 bits per heavy atom. The number of anilines is 1. The molecular formula is C17H20N4O4. The summed E-state index contributed by atoms with van der Waals surface area (Å²) in [5.41, 5.74) is 4.96. The molecule has 0 spiro atoms. The number of H-pyrrole nitrogens is 1. The SMILES string of the molecule is CC(C)(C)OC(=O)Nc1cccc(C(=O)NNC(=O)c2ccc[nH]2)c1. The summed E-state index contributed by atoms with van der Waals surface area (Å²) in [6, 6.07) is 9.50. The Labute approximate surface area is 144 Å². The highest BCUT2D eigenvalue weighted by Crippen LogP contribution is 2.13. The number of hydrogen-bond donors (Lipinski definition) is 4. The van der Waals surface area contributed by atoms with Gasteiger partial charge in [0.1, 0.15) is 11.3 Å². The molecule has 0 aliphatic carbocycles. The zero-order valence-corrected chi connectivity index (χ0v) is 14.2. The van der Waals surface area contributed by atoms with Gasteiger partial charge in [0.05, 0.1) is 0 Å². The molecule has 1 aromatic carbocycles. The fourth-order valence-electron chi connectivity index (χ4n) is 1.88. The van der Waals surface area contributed by atoms with Gasteiger partial charge in [-0.2, -0.15) is 0 Å². The van der Waals surface area contributed by atoms with Gasteiger partial charge >= 0.3 is 6.09 Å². The number of nitrogens with one attached hydrogen (secondary N) is 4. The molecule has 8 heteroatoms. The summed E-state index contributed by atoms with van der Waals surface area (Å²) in [5, 5.41) is 2.55. The lowest BCUT2D eigenvalue weighted by Crippen LogP contribution is -2.41. The summed E-state index contributed by atoms with van der Waals surface area (Å²) in [4.78, 5) is 38.3. The summed E-state index contributed by atoms with van der Waals surface area (Å²) in [6.07, 6.45) is 0.979. The average molecular weight is 344 g/mol. The highest BCUT2D eigenvalue weighted by atomic mass is 16.6. The quantitative estimate of drug-likeness (QED) is 0.641. The molecule has 0 aliphatic heterocycles. The van der Waals surface area contributed by atoms with Gasteiger partial charge in [0, 0.05) is 17.4 Å². The smallest absolute Gasteiger partial charge is 0.412 e. The Kier molecular flexibility index (Phi) is 5.43. The van der Waals surface area contributed by atoms with Crippen molar-refractivity contribution in [3.8, 4) is 0 Å². The van der Waals surface area contributed by atoms with Gasteiger partial charge in [0.2, 0.25) is 0 Å². The molecule has 2 rings (SSSR count). The predicted octanol–water partition coefficient (Wildman–Crippen LogP) is 2.44. The lowest BCUT2D eigenvalue weighted by Gasteiger charge is -2.19. The lowest BCUT2D eigenvalue weighted by atomic mass is 10.2. The molecule has 3 amide bonds. The highest BCUT2D eigenvalue weighted by molar-refractivity contribution is 5.99. The number of aromatic nitrogens is 1. The topological polar surface area (TPSA) is 112 Å². The van der Waals surface area contributed by atoms with Crippen molar-refractivity contribution in [2.24, 2.45) is 0 Å². The number of ether oxygens (including phenoxy) is 1. The molecule has 2 aromatic rings. The molecule has 1 aromatic heterocycles. The molecular weight excluding hydrogens is 324 g/mol.